The lowest BCUT2D eigenvalue weighted by molar-refractivity contribution is 0.0688. The number of aryl methyl sites for hydroxylation is 1. The molecule has 4 nitrogen and oxygen atoms in total. The van der Waals surface area contributed by atoms with Gasteiger partial charge in [0, 0.05) is 4.47 Å². The molecule has 100 valence electrons. The number of aromatic nitrogens is 2. The van der Waals surface area contributed by atoms with Crippen LogP contribution >= 0.6 is 15.9 Å². The zero-order valence-electron chi connectivity index (χ0n) is 10.9. The second-order valence-corrected chi connectivity index (χ2v) is 5.05. The first-order valence-corrected chi connectivity index (χ1v) is 6.95. The maximum absolute atomic E-state index is 11.3. The number of hydrogen-bond donors (Lipinski definition) is 1. The Morgan fingerprint density at radius 2 is 2.11 bits per heavy atom. The first kappa shape index (κ1) is 13.8. The highest BCUT2D eigenvalue weighted by Crippen LogP contribution is 2.29. The molecule has 0 aliphatic carbocycles. The SMILES string of the molecule is CCc1ccc(Br)c(CC)c1-n1cncc1C(=O)O. The van der Waals surface area contributed by atoms with Gasteiger partial charge in [0.05, 0.1) is 18.2 Å². The summed E-state index contributed by atoms with van der Waals surface area (Å²) in [6, 6.07) is 4.03. The van der Waals surface area contributed by atoms with Gasteiger partial charge in [-0.25, -0.2) is 9.78 Å². The van der Waals surface area contributed by atoms with E-state index in [1.807, 2.05) is 12.1 Å². The third-order valence-corrected chi connectivity index (χ3v) is 3.89. The van der Waals surface area contributed by atoms with Gasteiger partial charge in [-0.1, -0.05) is 35.8 Å². The Bertz CT molecular complexity index is 620. The van der Waals surface area contributed by atoms with E-state index in [0.717, 1.165) is 34.1 Å². The van der Waals surface area contributed by atoms with Gasteiger partial charge in [-0.15, -0.1) is 0 Å². The molecule has 2 rings (SSSR count). The van der Waals surface area contributed by atoms with E-state index in [0.29, 0.717) is 0 Å². The number of halogens is 1. The molecule has 0 spiro atoms. The number of aromatic carboxylic acids is 1. The van der Waals surface area contributed by atoms with Crippen LogP contribution in [-0.2, 0) is 12.8 Å². The van der Waals surface area contributed by atoms with Crippen molar-refractivity contribution in [2.45, 2.75) is 26.7 Å². The van der Waals surface area contributed by atoms with E-state index in [9.17, 15) is 9.90 Å². The van der Waals surface area contributed by atoms with E-state index >= 15 is 0 Å². The molecule has 5 heteroatoms. The van der Waals surface area contributed by atoms with Gasteiger partial charge in [-0.3, -0.25) is 4.57 Å². The molecule has 0 radical (unpaired) electrons. The molecule has 0 aliphatic rings. The van der Waals surface area contributed by atoms with Gasteiger partial charge in [0.2, 0.25) is 0 Å². The van der Waals surface area contributed by atoms with Crippen LogP contribution in [0.4, 0.5) is 0 Å². The Balaban J connectivity index is 2.76. The molecule has 1 aromatic carbocycles. The van der Waals surface area contributed by atoms with Gasteiger partial charge in [0.25, 0.3) is 0 Å². The van der Waals surface area contributed by atoms with Gasteiger partial charge in [-0.2, -0.15) is 0 Å². The molecule has 19 heavy (non-hydrogen) atoms. The summed E-state index contributed by atoms with van der Waals surface area (Å²) in [5.74, 6) is -0.971. The summed E-state index contributed by atoms with van der Waals surface area (Å²) in [5.41, 5.74) is 3.32. The Labute approximate surface area is 120 Å². The molecule has 1 heterocycles. The largest absolute Gasteiger partial charge is 0.477 e. The smallest absolute Gasteiger partial charge is 0.354 e. The number of imidazole rings is 1. The van der Waals surface area contributed by atoms with Crippen LogP contribution in [0, 0.1) is 0 Å². The van der Waals surface area contributed by atoms with Crippen LogP contribution in [0.25, 0.3) is 5.69 Å². The van der Waals surface area contributed by atoms with E-state index in [1.165, 1.54) is 6.20 Å². The van der Waals surface area contributed by atoms with E-state index in [2.05, 4.69) is 34.8 Å². The van der Waals surface area contributed by atoms with Gasteiger partial charge >= 0.3 is 5.97 Å². The van der Waals surface area contributed by atoms with Crippen LogP contribution in [0.2, 0.25) is 0 Å². The van der Waals surface area contributed by atoms with E-state index in [1.54, 1.807) is 10.9 Å². The predicted molar refractivity (Wildman–Crippen MR) is 77.0 cm³/mol. The van der Waals surface area contributed by atoms with Gasteiger partial charge in [0.15, 0.2) is 5.69 Å². The number of carbonyl (C=O) groups is 1. The topological polar surface area (TPSA) is 55.1 Å². The number of benzene rings is 1. The van der Waals surface area contributed by atoms with Crippen molar-refractivity contribution in [3.8, 4) is 5.69 Å². The fourth-order valence-corrected chi connectivity index (χ4v) is 2.81. The Morgan fingerprint density at radius 1 is 1.37 bits per heavy atom. The van der Waals surface area contributed by atoms with Crippen LogP contribution in [-0.4, -0.2) is 20.6 Å². The molecular weight excluding hydrogens is 308 g/mol. The fourth-order valence-electron chi connectivity index (χ4n) is 2.21. The lowest BCUT2D eigenvalue weighted by atomic mass is 10.0. The third-order valence-electron chi connectivity index (χ3n) is 3.14. The first-order valence-electron chi connectivity index (χ1n) is 6.16. The molecule has 1 N–H and O–H groups in total. The molecule has 0 unspecified atom stereocenters. The number of nitrogens with zero attached hydrogens (tertiary/aromatic N) is 2. The minimum atomic E-state index is -0.971. The zero-order chi connectivity index (χ0) is 14.0. The van der Waals surface area contributed by atoms with Crippen LogP contribution in [0.5, 0.6) is 0 Å². The predicted octanol–water partition coefficient (Wildman–Crippen LogP) is 3.46. The Morgan fingerprint density at radius 3 is 2.68 bits per heavy atom. The standard InChI is InChI=1S/C14H15BrN2O2/c1-3-9-5-6-11(15)10(4-2)13(9)17-8-16-7-12(17)14(18)19/h5-8H,3-4H2,1-2H3,(H,18,19). The normalized spacial score (nSPS) is 10.7. The minimum Gasteiger partial charge on any atom is -0.477 e. The lowest BCUT2D eigenvalue weighted by Gasteiger charge is -2.16. The van der Waals surface area contributed by atoms with Crippen LogP contribution in [0.1, 0.15) is 35.5 Å². The van der Waals surface area contributed by atoms with Gasteiger partial charge < -0.3 is 5.11 Å². The average molecular weight is 323 g/mol. The van der Waals surface area contributed by atoms with Crippen LogP contribution in [0.3, 0.4) is 0 Å². The molecule has 0 fully saturated rings. The van der Waals surface area contributed by atoms with E-state index < -0.39 is 5.97 Å². The third kappa shape index (κ3) is 2.42. The van der Waals surface area contributed by atoms with Crippen molar-refractivity contribution in [2.24, 2.45) is 0 Å². The summed E-state index contributed by atoms with van der Waals surface area (Å²) < 4.78 is 2.65. The number of hydrogen-bond acceptors (Lipinski definition) is 2. The van der Waals surface area contributed by atoms with E-state index in [-0.39, 0.29) is 5.69 Å². The van der Waals surface area contributed by atoms with Crippen molar-refractivity contribution in [2.75, 3.05) is 0 Å². The van der Waals surface area contributed by atoms with Crippen LogP contribution in [0.15, 0.2) is 29.1 Å². The van der Waals surface area contributed by atoms with Crippen molar-refractivity contribution in [3.05, 3.63) is 46.0 Å². The number of carboxylic acids is 1. The number of rotatable bonds is 4. The summed E-state index contributed by atoms with van der Waals surface area (Å²) in [7, 11) is 0. The zero-order valence-corrected chi connectivity index (χ0v) is 12.4. The highest BCUT2D eigenvalue weighted by atomic mass is 79.9. The summed E-state index contributed by atoms with van der Waals surface area (Å²) >= 11 is 3.54. The molecule has 2 aromatic rings. The fraction of sp³-hybridized carbons (Fsp3) is 0.286. The molecule has 0 saturated carbocycles. The lowest BCUT2D eigenvalue weighted by Crippen LogP contribution is -2.10. The Kier molecular flexibility index (Phi) is 4.04. The van der Waals surface area contributed by atoms with Gasteiger partial charge in [0.1, 0.15) is 0 Å². The minimum absolute atomic E-state index is 0.183. The maximum atomic E-state index is 11.3. The molecule has 0 amide bonds. The van der Waals surface area contributed by atoms with Crippen molar-refractivity contribution in [1.29, 1.82) is 0 Å². The maximum Gasteiger partial charge on any atom is 0.354 e. The van der Waals surface area contributed by atoms with Crippen LogP contribution < -0.4 is 0 Å². The van der Waals surface area contributed by atoms with Crippen molar-refractivity contribution in [1.82, 2.24) is 9.55 Å². The highest BCUT2D eigenvalue weighted by molar-refractivity contribution is 9.10. The quantitative estimate of drug-likeness (QED) is 0.937. The number of carboxylic acid groups (broad SMARTS) is 1. The molecule has 0 atom stereocenters. The summed E-state index contributed by atoms with van der Waals surface area (Å²) in [4.78, 5) is 15.2. The summed E-state index contributed by atoms with van der Waals surface area (Å²) in [6.45, 7) is 4.12. The monoisotopic (exact) mass is 322 g/mol. The van der Waals surface area contributed by atoms with Gasteiger partial charge in [-0.05, 0) is 30.0 Å². The molecule has 0 aliphatic heterocycles. The van der Waals surface area contributed by atoms with Crippen molar-refractivity contribution >= 4 is 21.9 Å². The molecule has 0 saturated heterocycles. The first-order chi connectivity index (χ1) is 9.10. The van der Waals surface area contributed by atoms with Crippen molar-refractivity contribution < 1.29 is 9.90 Å². The molecular formula is C14H15BrN2O2. The second-order valence-electron chi connectivity index (χ2n) is 4.19. The summed E-state index contributed by atoms with van der Waals surface area (Å²) in [5, 5.41) is 9.24. The summed E-state index contributed by atoms with van der Waals surface area (Å²) in [6.07, 6.45) is 4.60. The molecule has 0 bridgehead atoms. The second kappa shape index (κ2) is 5.57. The molecule has 1 aromatic heterocycles. The average Bonchev–Trinajstić information content (AvgIpc) is 2.87. The van der Waals surface area contributed by atoms with E-state index in [4.69, 9.17) is 0 Å². The highest BCUT2D eigenvalue weighted by Gasteiger charge is 2.17. The Hall–Kier alpha value is -1.62. The van der Waals surface area contributed by atoms with Crippen molar-refractivity contribution in [3.63, 3.8) is 0 Å².